The maximum atomic E-state index is 11.5. The monoisotopic (exact) mass is 290 g/mol. The van der Waals surface area contributed by atoms with E-state index in [4.69, 9.17) is 4.74 Å². The van der Waals surface area contributed by atoms with Gasteiger partial charge in [-0.2, -0.15) is 0 Å². The quantitative estimate of drug-likeness (QED) is 0.831. The van der Waals surface area contributed by atoms with Crippen molar-refractivity contribution >= 4 is 17.3 Å². The molecule has 5 heteroatoms. The van der Waals surface area contributed by atoms with Crippen LogP contribution < -0.4 is 5.32 Å². The Morgan fingerprint density at radius 1 is 1.45 bits per heavy atom. The number of hydrogen-bond acceptors (Lipinski definition) is 5. The molecule has 0 spiro atoms. The van der Waals surface area contributed by atoms with E-state index in [1.807, 2.05) is 42.8 Å². The summed E-state index contributed by atoms with van der Waals surface area (Å²) in [5.41, 5.74) is 2.10. The second-order valence-corrected chi connectivity index (χ2v) is 5.52. The van der Waals surface area contributed by atoms with E-state index in [2.05, 4.69) is 10.3 Å². The molecule has 0 radical (unpaired) electrons. The second kappa shape index (κ2) is 7.17. The number of nitrogens with zero attached hydrogens (tertiary/aromatic N) is 1. The van der Waals surface area contributed by atoms with Crippen molar-refractivity contribution in [3.05, 3.63) is 52.0 Å². The minimum absolute atomic E-state index is 0.0243. The average molecular weight is 290 g/mol. The van der Waals surface area contributed by atoms with Crippen LogP contribution in [0.15, 0.2) is 35.8 Å². The third-order valence-electron chi connectivity index (χ3n) is 3.01. The highest BCUT2D eigenvalue weighted by Gasteiger charge is 2.16. The first kappa shape index (κ1) is 14.7. The fourth-order valence-electron chi connectivity index (χ4n) is 1.86. The van der Waals surface area contributed by atoms with Crippen molar-refractivity contribution < 1.29 is 9.53 Å². The summed E-state index contributed by atoms with van der Waals surface area (Å²) in [6.07, 6.45) is 2.18. The summed E-state index contributed by atoms with van der Waals surface area (Å²) < 4.78 is 4.76. The standard InChI is InChI=1S/C15H18N2O2S/c1-11-5-6-12(9-16-11)10-17-13(8-15(18)19-2)14-4-3-7-20-14/h3-7,9,13,17H,8,10H2,1-2H3. The highest BCUT2D eigenvalue weighted by atomic mass is 32.1. The van der Waals surface area contributed by atoms with Crippen molar-refractivity contribution in [3.8, 4) is 0 Å². The molecule has 1 N–H and O–H groups in total. The van der Waals surface area contributed by atoms with Crippen LogP contribution in [-0.2, 0) is 16.1 Å². The van der Waals surface area contributed by atoms with Crippen LogP contribution in [0.2, 0.25) is 0 Å². The van der Waals surface area contributed by atoms with Crippen molar-refractivity contribution in [3.63, 3.8) is 0 Å². The zero-order valence-corrected chi connectivity index (χ0v) is 12.4. The number of esters is 1. The zero-order chi connectivity index (χ0) is 14.4. The predicted molar refractivity (Wildman–Crippen MR) is 79.5 cm³/mol. The molecule has 2 aromatic heterocycles. The Morgan fingerprint density at radius 2 is 2.30 bits per heavy atom. The minimum atomic E-state index is -0.210. The van der Waals surface area contributed by atoms with Crippen molar-refractivity contribution in [1.29, 1.82) is 0 Å². The molecule has 0 aliphatic heterocycles. The number of pyridine rings is 1. The molecule has 106 valence electrons. The van der Waals surface area contributed by atoms with E-state index in [0.717, 1.165) is 16.1 Å². The van der Waals surface area contributed by atoms with Gasteiger partial charge >= 0.3 is 5.97 Å². The summed E-state index contributed by atoms with van der Waals surface area (Å²) in [4.78, 5) is 16.9. The largest absolute Gasteiger partial charge is 0.469 e. The van der Waals surface area contributed by atoms with Crippen LogP contribution in [0.3, 0.4) is 0 Å². The molecule has 0 bridgehead atoms. The summed E-state index contributed by atoms with van der Waals surface area (Å²) in [5.74, 6) is -0.210. The van der Waals surface area contributed by atoms with Gasteiger partial charge in [-0.1, -0.05) is 12.1 Å². The zero-order valence-electron chi connectivity index (χ0n) is 11.6. The van der Waals surface area contributed by atoms with Gasteiger partial charge in [0.2, 0.25) is 0 Å². The fourth-order valence-corrected chi connectivity index (χ4v) is 2.66. The maximum Gasteiger partial charge on any atom is 0.307 e. The molecule has 1 unspecified atom stereocenters. The lowest BCUT2D eigenvalue weighted by Gasteiger charge is -2.16. The number of nitrogens with one attached hydrogen (secondary N) is 1. The molecular weight excluding hydrogens is 272 g/mol. The summed E-state index contributed by atoms with van der Waals surface area (Å²) in [5, 5.41) is 5.40. The molecular formula is C15H18N2O2S. The highest BCUT2D eigenvalue weighted by Crippen LogP contribution is 2.22. The normalized spacial score (nSPS) is 12.1. The molecule has 0 aliphatic carbocycles. The molecule has 0 saturated heterocycles. The van der Waals surface area contributed by atoms with Gasteiger partial charge < -0.3 is 10.1 Å². The molecule has 2 rings (SSSR count). The molecule has 4 nitrogen and oxygen atoms in total. The Balaban J connectivity index is 2.00. The predicted octanol–water partition coefficient (Wildman–Crippen LogP) is 2.85. The fraction of sp³-hybridized carbons (Fsp3) is 0.333. The summed E-state index contributed by atoms with van der Waals surface area (Å²) in [6.45, 7) is 2.63. The third kappa shape index (κ3) is 4.15. The van der Waals surface area contributed by atoms with Crippen LogP contribution in [0.5, 0.6) is 0 Å². The van der Waals surface area contributed by atoms with E-state index in [1.165, 1.54) is 7.11 Å². The third-order valence-corrected chi connectivity index (χ3v) is 4.00. The van der Waals surface area contributed by atoms with Crippen LogP contribution in [0.1, 0.15) is 28.6 Å². The maximum absolute atomic E-state index is 11.5. The molecule has 0 saturated carbocycles. The first-order valence-electron chi connectivity index (χ1n) is 6.44. The molecule has 1 atom stereocenters. The van der Waals surface area contributed by atoms with Gasteiger partial charge in [0.1, 0.15) is 0 Å². The number of thiophene rings is 1. The molecule has 0 amide bonds. The Kier molecular flexibility index (Phi) is 5.26. The van der Waals surface area contributed by atoms with Gasteiger partial charge in [0, 0.05) is 23.3 Å². The lowest BCUT2D eigenvalue weighted by molar-refractivity contribution is -0.141. The van der Waals surface area contributed by atoms with E-state index in [0.29, 0.717) is 13.0 Å². The molecule has 2 heterocycles. The van der Waals surface area contributed by atoms with Crippen LogP contribution in [0.25, 0.3) is 0 Å². The Hall–Kier alpha value is -1.72. The van der Waals surface area contributed by atoms with Crippen LogP contribution in [0, 0.1) is 6.92 Å². The van der Waals surface area contributed by atoms with Gasteiger partial charge in [-0.05, 0) is 30.0 Å². The molecule has 2 aromatic rings. The number of hydrogen-bond donors (Lipinski definition) is 1. The van der Waals surface area contributed by atoms with Crippen molar-refractivity contribution in [2.45, 2.75) is 25.9 Å². The van der Waals surface area contributed by atoms with Crippen molar-refractivity contribution in [2.24, 2.45) is 0 Å². The van der Waals surface area contributed by atoms with E-state index >= 15 is 0 Å². The van der Waals surface area contributed by atoms with Crippen molar-refractivity contribution in [2.75, 3.05) is 7.11 Å². The Labute approximate surface area is 122 Å². The smallest absolute Gasteiger partial charge is 0.307 e. The summed E-state index contributed by atoms with van der Waals surface area (Å²) in [6, 6.07) is 8.01. The number of carbonyl (C=O) groups excluding carboxylic acids is 1. The summed E-state index contributed by atoms with van der Waals surface area (Å²) in [7, 11) is 1.41. The molecule has 20 heavy (non-hydrogen) atoms. The van der Waals surface area contributed by atoms with Gasteiger partial charge in [-0.15, -0.1) is 11.3 Å². The average Bonchev–Trinajstić information content (AvgIpc) is 2.99. The van der Waals surface area contributed by atoms with E-state index in [1.54, 1.807) is 11.3 Å². The first-order valence-corrected chi connectivity index (χ1v) is 7.32. The first-order chi connectivity index (χ1) is 9.69. The van der Waals surface area contributed by atoms with Gasteiger partial charge in [0.15, 0.2) is 0 Å². The summed E-state index contributed by atoms with van der Waals surface area (Å²) >= 11 is 1.64. The van der Waals surface area contributed by atoms with Crippen LogP contribution in [-0.4, -0.2) is 18.1 Å². The Bertz CT molecular complexity index is 538. The number of carbonyl (C=O) groups is 1. The van der Waals surface area contributed by atoms with Gasteiger partial charge in [0.25, 0.3) is 0 Å². The molecule has 0 aromatic carbocycles. The molecule has 0 fully saturated rings. The SMILES string of the molecule is COC(=O)CC(NCc1ccc(C)nc1)c1cccs1. The lowest BCUT2D eigenvalue weighted by atomic mass is 10.1. The van der Waals surface area contributed by atoms with Gasteiger partial charge in [0.05, 0.1) is 19.6 Å². The number of aromatic nitrogens is 1. The van der Waals surface area contributed by atoms with Gasteiger partial charge in [-0.3, -0.25) is 9.78 Å². The lowest BCUT2D eigenvalue weighted by Crippen LogP contribution is -2.23. The minimum Gasteiger partial charge on any atom is -0.469 e. The Morgan fingerprint density at radius 3 is 2.90 bits per heavy atom. The second-order valence-electron chi connectivity index (χ2n) is 4.54. The molecule has 0 aliphatic rings. The van der Waals surface area contributed by atoms with E-state index < -0.39 is 0 Å². The van der Waals surface area contributed by atoms with Crippen LogP contribution >= 0.6 is 11.3 Å². The van der Waals surface area contributed by atoms with E-state index in [-0.39, 0.29) is 12.0 Å². The van der Waals surface area contributed by atoms with Crippen molar-refractivity contribution in [1.82, 2.24) is 10.3 Å². The number of ether oxygens (including phenoxy) is 1. The van der Waals surface area contributed by atoms with Gasteiger partial charge in [-0.25, -0.2) is 0 Å². The number of methoxy groups -OCH3 is 1. The van der Waals surface area contributed by atoms with E-state index in [9.17, 15) is 4.79 Å². The highest BCUT2D eigenvalue weighted by molar-refractivity contribution is 7.10. The number of aryl methyl sites for hydroxylation is 1. The topological polar surface area (TPSA) is 51.2 Å². The van der Waals surface area contributed by atoms with Crippen LogP contribution in [0.4, 0.5) is 0 Å². The number of rotatable bonds is 6.